The van der Waals surface area contributed by atoms with Gasteiger partial charge in [0, 0.05) is 12.2 Å². The molecule has 4 nitrogen and oxygen atoms in total. The topological polar surface area (TPSA) is 42.4 Å². The van der Waals surface area contributed by atoms with Gasteiger partial charge in [-0.1, -0.05) is 30.3 Å². The second kappa shape index (κ2) is 8.66. The normalized spacial score (nSPS) is 16.0. The van der Waals surface area contributed by atoms with E-state index < -0.39 is 0 Å². The molecule has 0 bridgehead atoms. The summed E-state index contributed by atoms with van der Waals surface area (Å²) in [4.78, 5) is 19.6. The summed E-state index contributed by atoms with van der Waals surface area (Å²) >= 11 is 0. The summed E-state index contributed by atoms with van der Waals surface area (Å²) in [5.41, 5.74) is 4.37. The molecule has 1 aromatic heterocycles. The van der Waals surface area contributed by atoms with Gasteiger partial charge in [0.05, 0.1) is 25.3 Å². The monoisotopic (exact) mass is 404 g/mol. The van der Waals surface area contributed by atoms with Crippen LogP contribution in [-0.4, -0.2) is 29.4 Å². The van der Waals surface area contributed by atoms with Crippen LogP contribution < -0.4 is 4.74 Å². The van der Waals surface area contributed by atoms with Gasteiger partial charge in [-0.2, -0.15) is 0 Å². The zero-order valence-electron chi connectivity index (χ0n) is 17.3. The van der Waals surface area contributed by atoms with Crippen molar-refractivity contribution in [2.45, 2.75) is 32.2 Å². The molecule has 1 aliphatic rings. The summed E-state index contributed by atoms with van der Waals surface area (Å²) in [7, 11) is 1.65. The van der Waals surface area contributed by atoms with Crippen LogP contribution in [0, 0.1) is 12.7 Å². The molecule has 1 amide bonds. The van der Waals surface area contributed by atoms with Gasteiger partial charge in [0.25, 0.3) is 0 Å². The van der Waals surface area contributed by atoms with Crippen LogP contribution in [0.5, 0.6) is 5.75 Å². The number of nitrogens with zero attached hydrogens (tertiary/aromatic N) is 2. The minimum Gasteiger partial charge on any atom is -0.497 e. The summed E-state index contributed by atoms with van der Waals surface area (Å²) < 4.78 is 19.3. The molecule has 30 heavy (non-hydrogen) atoms. The van der Waals surface area contributed by atoms with Gasteiger partial charge in [-0.05, 0) is 66.8 Å². The van der Waals surface area contributed by atoms with E-state index in [1.54, 1.807) is 25.3 Å². The van der Waals surface area contributed by atoms with Gasteiger partial charge in [0.15, 0.2) is 0 Å². The number of ether oxygens (including phenoxy) is 1. The van der Waals surface area contributed by atoms with Gasteiger partial charge in [0.2, 0.25) is 5.91 Å². The zero-order valence-corrected chi connectivity index (χ0v) is 17.3. The number of benzene rings is 2. The van der Waals surface area contributed by atoms with Crippen LogP contribution in [0.15, 0.2) is 60.7 Å². The van der Waals surface area contributed by atoms with Gasteiger partial charge in [-0.15, -0.1) is 0 Å². The Morgan fingerprint density at radius 3 is 2.63 bits per heavy atom. The molecular formula is C25H25FN2O2. The van der Waals surface area contributed by atoms with Gasteiger partial charge < -0.3 is 9.64 Å². The molecule has 1 aliphatic heterocycles. The first kappa shape index (κ1) is 20.1. The summed E-state index contributed by atoms with van der Waals surface area (Å²) in [6.45, 7) is 2.64. The van der Waals surface area contributed by atoms with Gasteiger partial charge in [-0.25, -0.2) is 4.39 Å². The van der Waals surface area contributed by atoms with Crippen molar-refractivity contribution in [1.82, 2.24) is 9.88 Å². The van der Waals surface area contributed by atoms with Crippen LogP contribution in [0.1, 0.15) is 35.8 Å². The number of amides is 1. The number of rotatable bonds is 5. The molecule has 3 aromatic rings. The van der Waals surface area contributed by atoms with Crippen LogP contribution in [0.2, 0.25) is 0 Å². The van der Waals surface area contributed by atoms with Crippen molar-refractivity contribution in [3.8, 4) is 16.9 Å². The molecule has 154 valence electrons. The molecule has 0 aliphatic carbocycles. The molecule has 2 aromatic carbocycles. The van der Waals surface area contributed by atoms with Crippen molar-refractivity contribution in [3.63, 3.8) is 0 Å². The number of aromatic nitrogens is 1. The molecule has 5 heteroatoms. The minimum absolute atomic E-state index is 0.0584. The Morgan fingerprint density at radius 2 is 1.90 bits per heavy atom. The number of halogens is 1. The lowest BCUT2D eigenvalue weighted by molar-refractivity contribution is -0.131. The van der Waals surface area contributed by atoms with Gasteiger partial charge >= 0.3 is 0 Å². The molecule has 0 saturated carbocycles. The van der Waals surface area contributed by atoms with E-state index in [-0.39, 0.29) is 24.2 Å². The number of aryl methyl sites for hydroxylation is 1. The number of pyridine rings is 1. The number of methoxy groups -OCH3 is 1. The highest BCUT2D eigenvalue weighted by molar-refractivity contribution is 5.79. The first-order valence-corrected chi connectivity index (χ1v) is 10.2. The van der Waals surface area contributed by atoms with E-state index in [2.05, 4.69) is 6.07 Å². The summed E-state index contributed by atoms with van der Waals surface area (Å²) in [5.74, 6) is 0.416. The highest BCUT2D eigenvalue weighted by Crippen LogP contribution is 2.34. The maximum absolute atomic E-state index is 14.0. The first-order valence-electron chi connectivity index (χ1n) is 10.2. The third kappa shape index (κ3) is 4.20. The Bertz CT molecular complexity index is 1050. The molecule has 1 atom stereocenters. The van der Waals surface area contributed by atoms with Crippen LogP contribution in [0.3, 0.4) is 0 Å². The van der Waals surface area contributed by atoms with Gasteiger partial charge in [0.1, 0.15) is 11.6 Å². The van der Waals surface area contributed by atoms with E-state index in [9.17, 15) is 9.18 Å². The molecule has 0 radical (unpaired) electrons. The Hall–Kier alpha value is -3.21. The standard InChI is InChI=1S/C25H25FN2O2/c1-17-14-20(18-9-11-21(30-2)12-10-18)15-23(27-17)24-8-5-13-28(24)25(29)16-19-6-3-4-7-22(19)26/h3-4,6-7,9-12,14-15,24H,5,8,13,16H2,1-2H3. The number of carbonyl (C=O) groups excluding carboxylic acids is 1. The average Bonchev–Trinajstić information content (AvgIpc) is 3.25. The smallest absolute Gasteiger partial charge is 0.227 e. The fourth-order valence-corrected chi connectivity index (χ4v) is 4.09. The van der Waals surface area contributed by atoms with E-state index >= 15 is 0 Å². The lowest BCUT2D eigenvalue weighted by atomic mass is 10.0. The zero-order chi connectivity index (χ0) is 21.1. The summed E-state index contributed by atoms with van der Waals surface area (Å²) in [6, 6.07) is 18.4. The van der Waals surface area contributed by atoms with Crippen molar-refractivity contribution in [3.05, 3.63) is 83.4 Å². The van der Waals surface area contributed by atoms with Crippen LogP contribution >= 0.6 is 0 Å². The molecular weight excluding hydrogens is 379 g/mol. The number of hydrogen-bond acceptors (Lipinski definition) is 3. The maximum atomic E-state index is 14.0. The minimum atomic E-state index is -0.336. The lowest BCUT2D eigenvalue weighted by Gasteiger charge is -2.25. The fourth-order valence-electron chi connectivity index (χ4n) is 4.09. The SMILES string of the molecule is COc1ccc(-c2cc(C)nc(C3CCCN3C(=O)Cc3ccccc3F)c2)cc1. The van der Waals surface area contributed by atoms with Crippen molar-refractivity contribution in [1.29, 1.82) is 0 Å². The molecule has 0 spiro atoms. The van der Waals surface area contributed by atoms with Crippen molar-refractivity contribution < 1.29 is 13.9 Å². The van der Waals surface area contributed by atoms with Gasteiger partial charge in [-0.3, -0.25) is 9.78 Å². The molecule has 0 N–H and O–H groups in total. The van der Waals surface area contributed by atoms with E-state index in [4.69, 9.17) is 9.72 Å². The van der Waals surface area contributed by atoms with Crippen LogP contribution in [0.4, 0.5) is 4.39 Å². The third-order valence-electron chi connectivity index (χ3n) is 5.61. The number of carbonyl (C=O) groups is 1. The van der Waals surface area contributed by atoms with Crippen molar-refractivity contribution in [2.75, 3.05) is 13.7 Å². The first-order chi connectivity index (χ1) is 14.5. The summed E-state index contributed by atoms with van der Waals surface area (Å²) in [6.07, 6.45) is 1.85. The average molecular weight is 404 g/mol. The van der Waals surface area contributed by atoms with Crippen LogP contribution in [0.25, 0.3) is 11.1 Å². The highest BCUT2D eigenvalue weighted by Gasteiger charge is 2.31. The predicted octanol–water partition coefficient (Wildman–Crippen LogP) is 5.11. The Kier molecular flexibility index (Phi) is 5.79. The molecule has 1 unspecified atom stereocenters. The lowest BCUT2D eigenvalue weighted by Crippen LogP contribution is -2.32. The van der Waals surface area contributed by atoms with E-state index in [1.807, 2.05) is 42.2 Å². The molecule has 1 saturated heterocycles. The largest absolute Gasteiger partial charge is 0.497 e. The quantitative estimate of drug-likeness (QED) is 0.593. The van der Waals surface area contributed by atoms with E-state index in [0.29, 0.717) is 12.1 Å². The molecule has 2 heterocycles. The Morgan fingerprint density at radius 1 is 1.13 bits per heavy atom. The fraction of sp³-hybridized carbons (Fsp3) is 0.280. The Balaban J connectivity index is 1.59. The number of likely N-dealkylation sites (tertiary alicyclic amines) is 1. The van der Waals surface area contributed by atoms with Crippen molar-refractivity contribution in [2.24, 2.45) is 0 Å². The maximum Gasteiger partial charge on any atom is 0.227 e. The highest BCUT2D eigenvalue weighted by atomic mass is 19.1. The second-order valence-corrected chi connectivity index (χ2v) is 7.66. The van der Waals surface area contributed by atoms with E-state index in [1.165, 1.54) is 6.07 Å². The predicted molar refractivity (Wildman–Crippen MR) is 115 cm³/mol. The van der Waals surface area contributed by atoms with Crippen LogP contribution in [-0.2, 0) is 11.2 Å². The van der Waals surface area contributed by atoms with E-state index in [0.717, 1.165) is 41.1 Å². The third-order valence-corrected chi connectivity index (χ3v) is 5.61. The molecule has 1 fully saturated rings. The second-order valence-electron chi connectivity index (χ2n) is 7.66. The Labute approximate surface area is 176 Å². The van der Waals surface area contributed by atoms with Crippen molar-refractivity contribution >= 4 is 5.91 Å². The summed E-state index contributed by atoms with van der Waals surface area (Å²) in [5, 5.41) is 0. The number of hydrogen-bond donors (Lipinski definition) is 0. The molecule has 4 rings (SSSR count).